The van der Waals surface area contributed by atoms with E-state index in [4.69, 9.17) is 4.74 Å². The molecule has 0 unspecified atom stereocenters. The summed E-state index contributed by atoms with van der Waals surface area (Å²) in [6, 6.07) is 13.9. The van der Waals surface area contributed by atoms with E-state index in [0.717, 1.165) is 102 Å². The highest BCUT2D eigenvalue weighted by Gasteiger charge is 2.54. The van der Waals surface area contributed by atoms with Crippen LogP contribution < -0.4 is 4.90 Å². The number of likely N-dealkylation sites (tertiary alicyclic amines) is 4. The average molecular weight is 836 g/mol. The van der Waals surface area contributed by atoms with Crippen molar-refractivity contribution < 1.29 is 31.5 Å². The summed E-state index contributed by atoms with van der Waals surface area (Å²) in [7, 11) is -2.15. The Hall–Kier alpha value is -3.39. The molecule has 8 rings (SSSR count). The van der Waals surface area contributed by atoms with Gasteiger partial charge in [0.15, 0.2) is 15.5 Å². The number of methoxy groups -OCH3 is 1. The van der Waals surface area contributed by atoms with Crippen LogP contribution in [0.3, 0.4) is 0 Å². The summed E-state index contributed by atoms with van der Waals surface area (Å²) >= 11 is 0. The van der Waals surface area contributed by atoms with Gasteiger partial charge < -0.3 is 19.4 Å². The predicted molar refractivity (Wildman–Crippen MR) is 225 cm³/mol. The Labute approximate surface area is 349 Å². The third-order valence-electron chi connectivity index (χ3n) is 14.7. The fourth-order valence-electron chi connectivity index (χ4n) is 11.4. The molecular weight excluding hydrogens is 773 g/mol. The summed E-state index contributed by atoms with van der Waals surface area (Å²) in [5.41, 5.74) is 0.138. The van der Waals surface area contributed by atoms with Crippen LogP contribution in [0.1, 0.15) is 69.8 Å². The van der Waals surface area contributed by atoms with Crippen molar-refractivity contribution in [3.63, 3.8) is 0 Å². The molecule has 5 saturated heterocycles. The van der Waals surface area contributed by atoms with Crippen LogP contribution in [-0.4, -0.2) is 143 Å². The number of sulfone groups is 1. The van der Waals surface area contributed by atoms with Crippen LogP contribution in [0.25, 0.3) is 0 Å². The summed E-state index contributed by atoms with van der Waals surface area (Å²) in [4.78, 5) is 36.1. The van der Waals surface area contributed by atoms with Crippen LogP contribution in [0.4, 0.5) is 14.5 Å². The molecule has 0 aromatic heterocycles. The molecule has 6 aliphatic rings. The molecule has 1 amide bonds. The lowest BCUT2D eigenvalue weighted by Gasteiger charge is -2.54. The van der Waals surface area contributed by atoms with Gasteiger partial charge in [-0.15, -0.1) is 0 Å². The monoisotopic (exact) mass is 835 g/mol. The molecule has 0 spiro atoms. The molecule has 3 atom stereocenters. The van der Waals surface area contributed by atoms with Crippen molar-refractivity contribution in [2.24, 2.45) is 17.8 Å². The number of piperidine rings is 2. The van der Waals surface area contributed by atoms with Crippen LogP contribution >= 0.6 is 0 Å². The number of benzene rings is 2. The molecule has 1 aliphatic carbocycles. The van der Waals surface area contributed by atoms with Gasteiger partial charge in [-0.25, -0.2) is 17.2 Å². The molecule has 6 fully saturated rings. The molecule has 5 aliphatic heterocycles. The number of hydrogen-bond acceptors (Lipinski definition) is 9. The smallest absolute Gasteiger partial charge is 0.305 e. The van der Waals surface area contributed by atoms with Crippen molar-refractivity contribution in [2.45, 2.75) is 85.4 Å². The maximum absolute atomic E-state index is 16.3. The highest BCUT2D eigenvalue weighted by molar-refractivity contribution is 7.92. The Kier molecular flexibility index (Phi) is 12.8. The minimum absolute atomic E-state index is 0.144. The molecule has 322 valence electrons. The Bertz CT molecular complexity index is 1920. The Morgan fingerprint density at radius 1 is 0.864 bits per heavy atom. The van der Waals surface area contributed by atoms with Gasteiger partial charge in [-0.2, -0.15) is 0 Å². The highest BCUT2D eigenvalue weighted by atomic mass is 32.2. The second-order valence-electron chi connectivity index (χ2n) is 18.5. The Balaban J connectivity index is 0.856. The van der Waals surface area contributed by atoms with Gasteiger partial charge in [0.05, 0.1) is 25.1 Å². The van der Waals surface area contributed by atoms with Gasteiger partial charge >= 0.3 is 5.97 Å². The third-order valence-corrected chi connectivity index (χ3v) is 16.9. The predicted octanol–water partition coefficient (Wildman–Crippen LogP) is 5.72. The van der Waals surface area contributed by atoms with E-state index in [1.165, 1.54) is 32.4 Å². The fraction of sp³-hybridized carbons (Fsp3) is 0.652. The minimum atomic E-state index is -3.60. The maximum atomic E-state index is 16.3. The summed E-state index contributed by atoms with van der Waals surface area (Å²) in [6.07, 6.45) is 13.4. The lowest BCUT2D eigenvalue weighted by Crippen LogP contribution is -2.64. The molecule has 10 nitrogen and oxygen atoms in total. The number of ether oxygens (including phenoxy) is 1. The number of esters is 1. The number of amides is 1. The van der Waals surface area contributed by atoms with Gasteiger partial charge in [-0.1, -0.05) is 31.1 Å². The molecule has 1 saturated carbocycles. The van der Waals surface area contributed by atoms with E-state index in [0.29, 0.717) is 13.0 Å². The van der Waals surface area contributed by atoms with E-state index < -0.39 is 20.8 Å². The zero-order valence-electron chi connectivity index (χ0n) is 34.8. The first-order valence-corrected chi connectivity index (χ1v) is 23.7. The van der Waals surface area contributed by atoms with E-state index in [2.05, 4.69) is 20.8 Å². The summed E-state index contributed by atoms with van der Waals surface area (Å²) in [5, 5.41) is -0.631. The first-order valence-electron chi connectivity index (χ1n) is 22.2. The number of carbonyl (C=O) groups is 2. The van der Waals surface area contributed by atoms with Gasteiger partial charge in [0.25, 0.3) is 0 Å². The first kappa shape index (κ1) is 42.3. The van der Waals surface area contributed by atoms with Gasteiger partial charge in [0.1, 0.15) is 11.1 Å². The average Bonchev–Trinajstić information content (AvgIpc) is 3.65. The molecule has 2 aromatic rings. The number of anilines is 1. The Morgan fingerprint density at radius 2 is 1.58 bits per heavy atom. The van der Waals surface area contributed by atoms with E-state index in [9.17, 15) is 18.0 Å². The number of carbonyl (C=O) groups excluding carboxylic acids is 2. The van der Waals surface area contributed by atoms with Crippen molar-refractivity contribution in [1.82, 2.24) is 19.6 Å². The maximum Gasteiger partial charge on any atom is 0.305 e. The molecule has 0 radical (unpaired) electrons. The Morgan fingerprint density at radius 3 is 2.24 bits per heavy atom. The quantitative estimate of drug-likeness (QED) is 0.165. The molecule has 2 aromatic carbocycles. The van der Waals surface area contributed by atoms with E-state index in [1.54, 1.807) is 41.3 Å². The van der Waals surface area contributed by atoms with Crippen LogP contribution in [0, 0.1) is 23.6 Å². The minimum Gasteiger partial charge on any atom is -0.469 e. The van der Waals surface area contributed by atoms with E-state index in [1.807, 2.05) is 17.0 Å². The van der Waals surface area contributed by atoms with Crippen molar-refractivity contribution in [3.8, 4) is 0 Å². The number of alkyl halides is 1. The zero-order valence-corrected chi connectivity index (χ0v) is 35.6. The number of rotatable bonds is 15. The molecule has 5 heterocycles. The standard InChI is InChI=1S/C46H63F2N5O5S/c1-58-44(55)27-35-9-5-12-42(35)46(34-50-23-8-24-50,37-10-6-11-38(47)28-37)36-18-25-51(26-19-36)31-45(48)32-53(33-45)39-14-16-40(17-15-39)59(56,57)41-29-52(30-41)43(54)13-7-22-49-20-3-2-4-21-49/h6-7,10-11,13-17,28,35-36,41-42H,2-5,8-9,12,18-27,29-34H2,1H3/b13-7+/t35-,42+,46+/m1/s1. The van der Waals surface area contributed by atoms with Crippen molar-refractivity contribution >= 4 is 27.4 Å². The fourth-order valence-corrected chi connectivity index (χ4v) is 13.0. The van der Waals surface area contributed by atoms with E-state index in [-0.39, 0.29) is 71.9 Å². The summed E-state index contributed by atoms with van der Waals surface area (Å²) < 4.78 is 63.3. The van der Waals surface area contributed by atoms with Crippen LogP contribution in [0.2, 0.25) is 0 Å². The number of hydrogen-bond donors (Lipinski definition) is 0. The first-order chi connectivity index (χ1) is 28.5. The summed E-state index contributed by atoms with van der Waals surface area (Å²) in [6.45, 7) is 8.46. The van der Waals surface area contributed by atoms with Crippen LogP contribution in [-0.2, 0) is 29.6 Å². The van der Waals surface area contributed by atoms with E-state index >= 15 is 8.78 Å². The zero-order chi connectivity index (χ0) is 41.2. The molecule has 0 bridgehead atoms. The van der Waals surface area contributed by atoms with Gasteiger partial charge in [-0.05, 0) is 144 Å². The molecule has 0 N–H and O–H groups in total. The van der Waals surface area contributed by atoms with Gasteiger partial charge in [0.2, 0.25) is 5.91 Å². The molecular formula is C46H63F2N5O5S. The summed E-state index contributed by atoms with van der Waals surface area (Å²) in [5.74, 6) is 0.111. The van der Waals surface area contributed by atoms with Gasteiger partial charge in [0, 0.05) is 56.3 Å². The van der Waals surface area contributed by atoms with Crippen LogP contribution in [0.5, 0.6) is 0 Å². The second-order valence-corrected chi connectivity index (χ2v) is 20.7. The SMILES string of the molecule is COC(=O)C[C@H]1CCC[C@@H]1[C@](CN1CCC1)(c1cccc(F)c1)C1CCN(CC2(F)CN(c3ccc(S(=O)(=O)C4CN(C(=O)/C=C/CN5CCCCC5)C4)cc3)C2)CC1. The van der Waals surface area contributed by atoms with Crippen molar-refractivity contribution in [1.29, 1.82) is 0 Å². The molecule has 59 heavy (non-hydrogen) atoms. The lowest BCUT2D eigenvalue weighted by atomic mass is 9.56. The molecule has 13 heteroatoms. The van der Waals surface area contributed by atoms with Crippen molar-refractivity contribution in [2.75, 3.05) is 97.1 Å². The lowest BCUT2D eigenvalue weighted by molar-refractivity contribution is -0.142. The van der Waals surface area contributed by atoms with Gasteiger partial charge in [-0.3, -0.25) is 19.4 Å². The highest BCUT2D eigenvalue weighted by Crippen LogP contribution is 2.54. The second kappa shape index (κ2) is 17.9. The largest absolute Gasteiger partial charge is 0.469 e. The van der Waals surface area contributed by atoms with Crippen LogP contribution in [0.15, 0.2) is 65.6 Å². The van der Waals surface area contributed by atoms with Crippen molar-refractivity contribution in [3.05, 3.63) is 72.1 Å². The third kappa shape index (κ3) is 9.14. The normalized spacial score (nSPS) is 25.9. The number of nitrogens with zero attached hydrogens (tertiary/aromatic N) is 5. The topological polar surface area (TPSA) is 93.7 Å². The number of halogens is 2.